The molecule has 1 aromatic heterocycles. The number of amides is 1. The Balaban J connectivity index is 1.34. The third-order valence-electron chi connectivity index (χ3n) is 4.43. The second-order valence-electron chi connectivity index (χ2n) is 6.51. The van der Waals surface area contributed by atoms with Gasteiger partial charge in [0.1, 0.15) is 5.82 Å². The molecule has 30 heavy (non-hydrogen) atoms. The highest BCUT2D eigenvalue weighted by atomic mass is 35.5. The molecule has 0 spiro atoms. The minimum atomic E-state index is -0.455. The number of aromatic nitrogens is 1. The molecule has 1 amide bonds. The normalized spacial score (nSPS) is 12.0. The molecule has 0 bridgehead atoms. The van der Waals surface area contributed by atoms with E-state index in [0.29, 0.717) is 17.4 Å². The number of nitrogens with zero attached hydrogens (tertiary/aromatic N) is 2. The second-order valence-corrected chi connectivity index (χ2v) is 8.03. The molecule has 0 fully saturated rings. The molecule has 3 aromatic rings. The zero-order valence-electron chi connectivity index (χ0n) is 15.9. The van der Waals surface area contributed by atoms with E-state index in [4.69, 9.17) is 16.3 Å². The number of nitrogens with one attached hydrogen (secondary N) is 1. The number of ether oxygens (including phenoxy) is 1. The Labute approximate surface area is 183 Å². The first-order valence-electron chi connectivity index (χ1n) is 9.30. The van der Waals surface area contributed by atoms with Gasteiger partial charge in [-0.05, 0) is 36.4 Å². The van der Waals surface area contributed by atoms with Crippen molar-refractivity contribution in [2.75, 3.05) is 23.4 Å². The van der Waals surface area contributed by atoms with Crippen molar-refractivity contribution in [1.29, 1.82) is 0 Å². The van der Waals surface area contributed by atoms with Crippen molar-refractivity contribution >= 4 is 52.4 Å². The van der Waals surface area contributed by atoms with Crippen LogP contribution in [0.5, 0.6) is 0 Å². The summed E-state index contributed by atoms with van der Waals surface area (Å²) in [5.41, 5.74) is 2.11. The highest BCUT2D eigenvalue weighted by Gasteiger charge is 2.23. The van der Waals surface area contributed by atoms with E-state index in [9.17, 15) is 9.59 Å². The first kappa shape index (κ1) is 20.3. The molecule has 1 aliphatic heterocycles. The van der Waals surface area contributed by atoms with Gasteiger partial charge in [0, 0.05) is 22.5 Å². The maximum Gasteiger partial charge on any atom is 0.308 e. The Morgan fingerprint density at radius 2 is 1.67 bits per heavy atom. The van der Waals surface area contributed by atoms with Gasteiger partial charge in [0.2, 0.25) is 0 Å². The zero-order valence-corrected chi connectivity index (χ0v) is 17.4. The smallest absolute Gasteiger partial charge is 0.308 e. The molecule has 0 atom stereocenters. The molecule has 0 aliphatic carbocycles. The van der Waals surface area contributed by atoms with E-state index in [-0.39, 0.29) is 13.0 Å². The average molecular weight is 440 g/mol. The van der Waals surface area contributed by atoms with Crippen LogP contribution in [0.2, 0.25) is 5.02 Å². The minimum absolute atomic E-state index is 0.153. The maximum absolute atomic E-state index is 12.2. The predicted molar refractivity (Wildman–Crippen MR) is 117 cm³/mol. The standard InChI is InChI=1S/C22H18ClN3O3S/c23-15-9-10-20(24-13-15)25-21(27)14-29-22(28)11-12-26-16-5-1-3-7-18(16)30-19-8-4-2-6-17(19)26/h1-10,13H,11-12,14H2,(H,24,25,27). The molecule has 0 unspecified atom stereocenters. The second kappa shape index (κ2) is 9.19. The molecule has 1 aliphatic rings. The highest BCUT2D eigenvalue weighted by Crippen LogP contribution is 2.47. The number of anilines is 3. The number of para-hydroxylation sites is 2. The number of halogens is 1. The molecule has 2 aromatic carbocycles. The monoisotopic (exact) mass is 439 g/mol. The summed E-state index contributed by atoms with van der Waals surface area (Å²) in [5.74, 6) is -0.551. The van der Waals surface area contributed by atoms with Crippen molar-refractivity contribution in [1.82, 2.24) is 4.98 Å². The Kier molecular flexibility index (Phi) is 6.21. The van der Waals surface area contributed by atoms with E-state index >= 15 is 0 Å². The molecule has 1 N–H and O–H groups in total. The SMILES string of the molecule is O=C(COC(=O)CCN1c2ccccc2Sc2ccccc21)Nc1ccc(Cl)cn1. The number of hydrogen-bond acceptors (Lipinski definition) is 6. The van der Waals surface area contributed by atoms with Crippen LogP contribution in [0.15, 0.2) is 76.7 Å². The van der Waals surface area contributed by atoms with Crippen LogP contribution in [-0.4, -0.2) is 30.0 Å². The quantitative estimate of drug-likeness (QED) is 0.550. The lowest BCUT2D eigenvalue weighted by atomic mass is 10.2. The van der Waals surface area contributed by atoms with Crippen molar-refractivity contribution < 1.29 is 14.3 Å². The lowest BCUT2D eigenvalue weighted by Gasteiger charge is -2.32. The van der Waals surface area contributed by atoms with Gasteiger partial charge in [-0.15, -0.1) is 0 Å². The molecule has 8 heteroatoms. The topological polar surface area (TPSA) is 71.5 Å². The molecule has 0 saturated carbocycles. The Morgan fingerprint density at radius 1 is 1.00 bits per heavy atom. The van der Waals surface area contributed by atoms with Crippen molar-refractivity contribution in [3.63, 3.8) is 0 Å². The zero-order chi connectivity index (χ0) is 20.9. The van der Waals surface area contributed by atoms with Gasteiger partial charge in [0.05, 0.1) is 22.8 Å². The number of benzene rings is 2. The van der Waals surface area contributed by atoms with Crippen LogP contribution in [0.1, 0.15) is 6.42 Å². The Morgan fingerprint density at radius 3 is 2.30 bits per heavy atom. The summed E-state index contributed by atoms with van der Waals surface area (Å²) in [6, 6.07) is 19.4. The summed E-state index contributed by atoms with van der Waals surface area (Å²) in [7, 11) is 0. The first-order valence-corrected chi connectivity index (χ1v) is 10.5. The average Bonchev–Trinajstić information content (AvgIpc) is 2.76. The fraction of sp³-hybridized carbons (Fsp3) is 0.136. The molecular formula is C22H18ClN3O3S. The van der Waals surface area contributed by atoms with Gasteiger partial charge in [-0.3, -0.25) is 9.59 Å². The van der Waals surface area contributed by atoms with Crippen molar-refractivity contribution in [2.24, 2.45) is 0 Å². The molecule has 2 heterocycles. The summed E-state index contributed by atoms with van der Waals surface area (Å²) < 4.78 is 5.13. The van der Waals surface area contributed by atoms with Crippen LogP contribution < -0.4 is 10.2 Å². The first-order chi connectivity index (χ1) is 14.6. The Bertz CT molecular complexity index is 1030. The van der Waals surface area contributed by atoms with Gasteiger partial charge >= 0.3 is 5.97 Å². The van der Waals surface area contributed by atoms with E-state index in [1.54, 1.807) is 23.9 Å². The minimum Gasteiger partial charge on any atom is -0.456 e. The third kappa shape index (κ3) is 4.75. The fourth-order valence-corrected chi connectivity index (χ4v) is 4.28. The third-order valence-corrected chi connectivity index (χ3v) is 5.78. The van der Waals surface area contributed by atoms with Gasteiger partial charge in [-0.2, -0.15) is 0 Å². The van der Waals surface area contributed by atoms with Gasteiger partial charge < -0.3 is 15.0 Å². The van der Waals surface area contributed by atoms with Crippen molar-refractivity contribution in [2.45, 2.75) is 16.2 Å². The van der Waals surface area contributed by atoms with Gasteiger partial charge in [0.15, 0.2) is 6.61 Å². The maximum atomic E-state index is 12.2. The highest BCUT2D eigenvalue weighted by molar-refractivity contribution is 7.99. The van der Waals surface area contributed by atoms with E-state index in [1.165, 1.54) is 6.20 Å². The largest absolute Gasteiger partial charge is 0.456 e. The molecular weight excluding hydrogens is 422 g/mol. The van der Waals surface area contributed by atoms with E-state index < -0.39 is 11.9 Å². The van der Waals surface area contributed by atoms with Gasteiger partial charge in [-0.1, -0.05) is 47.6 Å². The number of pyridine rings is 1. The van der Waals surface area contributed by atoms with Crippen LogP contribution in [0, 0.1) is 0 Å². The van der Waals surface area contributed by atoms with E-state index in [1.807, 2.05) is 36.4 Å². The summed E-state index contributed by atoms with van der Waals surface area (Å²) in [6.07, 6.45) is 1.58. The summed E-state index contributed by atoms with van der Waals surface area (Å²) in [4.78, 5) is 32.6. The predicted octanol–water partition coefficient (Wildman–Crippen LogP) is 4.91. The van der Waals surface area contributed by atoms with E-state index in [0.717, 1.165) is 21.2 Å². The van der Waals surface area contributed by atoms with E-state index in [2.05, 4.69) is 27.3 Å². The summed E-state index contributed by atoms with van der Waals surface area (Å²) in [6.45, 7) is 0.0833. The number of carbonyl (C=O) groups is 2. The lowest BCUT2D eigenvalue weighted by molar-refractivity contribution is -0.147. The van der Waals surface area contributed by atoms with Crippen LogP contribution in [0.4, 0.5) is 17.2 Å². The van der Waals surface area contributed by atoms with Gasteiger partial charge in [-0.25, -0.2) is 4.98 Å². The van der Waals surface area contributed by atoms with Crippen molar-refractivity contribution in [3.8, 4) is 0 Å². The summed E-state index contributed by atoms with van der Waals surface area (Å²) in [5, 5.41) is 3.03. The van der Waals surface area contributed by atoms with Crippen LogP contribution in [-0.2, 0) is 14.3 Å². The number of carbonyl (C=O) groups excluding carboxylic acids is 2. The van der Waals surface area contributed by atoms with Crippen molar-refractivity contribution in [3.05, 3.63) is 71.9 Å². The lowest BCUT2D eigenvalue weighted by Crippen LogP contribution is -2.26. The molecule has 0 radical (unpaired) electrons. The molecule has 0 saturated heterocycles. The van der Waals surface area contributed by atoms with Crippen LogP contribution in [0.25, 0.3) is 0 Å². The van der Waals surface area contributed by atoms with Crippen LogP contribution in [0.3, 0.4) is 0 Å². The van der Waals surface area contributed by atoms with Crippen LogP contribution >= 0.6 is 23.4 Å². The number of fused-ring (bicyclic) bond motifs is 2. The number of rotatable bonds is 6. The number of esters is 1. The fourth-order valence-electron chi connectivity index (χ4n) is 3.07. The Hall–Kier alpha value is -3.03. The number of hydrogen-bond donors (Lipinski definition) is 1. The van der Waals surface area contributed by atoms with Gasteiger partial charge in [0.25, 0.3) is 5.91 Å². The molecule has 6 nitrogen and oxygen atoms in total. The summed E-state index contributed by atoms with van der Waals surface area (Å²) >= 11 is 7.47. The molecule has 152 valence electrons. The molecule has 4 rings (SSSR count).